The van der Waals surface area contributed by atoms with Gasteiger partial charge in [0.25, 0.3) is 5.56 Å². The van der Waals surface area contributed by atoms with Crippen LogP contribution in [0.5, 0.6) is 0 Å². The zero-order chi connectivity index (χ0) is 19.1. The third kappa shape index (κ3) is 4.89. The Labute approximate surface area is 161 Å². The number of nitrogens with two attached hydrogens (primary N) is 1. The monoisotopic (exact) mass is 393 g/mol. The number of aromatic nitrogens is 2. The van der Waals surface area contributed by atoms with E-state index in [0.717, 1.165) is 17.7 Å². The number of hydrogen-bond donors (Lipinski definition) is 3. The summed E-state index contributed by atoms with van der Waals surface area (Å²) in [5.41, 5.74) is 6.11. The summed E-state index contributed by atoms with van der Waals surface area (Å²) < 4.78 is 1.33. The Balaban J connectivity index is 2.28. The second-order valence-electron chi connectivity index (χ2n) is 5.70. The maximum absolute atomic E-state index is 12.3. The Morgan fingerprint density at radius 1 is 1.35 bits per heavy atom. The van der Waals surface area contributed by atoms with Crippen molar-refractivity contribution in [2.24, 2.45) is 0 Å². The molecule has 0 fully saturated rings. The Kier molecular flexibility index (Phi) is 7.28. The van der Waals surface area contributed by atoms with Crippen LogP contribution in [-0.4, -0.2) is 40.3 Å². The van der Waals surface area contributed by atoms with Crippen LogP contribution in [0.2, 0.25) is 0 Å². The van der Waals surface area contributed by atoms with Crippen molar-refractivity contribution in [2.75, 3.05) is 36.2 Å². The first-order valence-corrected chi connectivity index (χ1v) is 9.93. The minimum atomic E-state index is -0.562. The molecular weight excluding hydrogens is 370 g/mol. The average Bonchev–Trinajstić information content (AvgIpc) is 2.62. The molecule has 0 bridgehead atoms. The van der Waals surface area contributed by atoms with Gasteiger partial charge < -0.3 is 16.0 Å². The largest absolute Gasteiger partial charge is 0.383 e. The normalized spacial score (nSPS) is 10.5. The summed E-state index contributed by atoms with van der Waals surface area (Å²) in [5, 5.41) is 3.48. The van der Waals surface area contributed by atoms with Crippen molar-refractivity contribution in [2.45, 2.75) is 13.0 Å². The topological polar surface area (TPSA) is 96.2 Å². The van der Waals surface area contributed by atoms with Gasteiger partial charge in [-0.25, -0.2) is 4.79 Å². The zero-order valence-corrected chi connectivity index (χ0v) is 16.5. The highest BCUT2D eigenvalue weighted by molar-refractivity contribution is 7.98. The first-order chi connectivity index (χ1) is 12.5. The fraction of sp³-hybridized carbons (Fsp3) is 0.353. The van der Waals surface area contributed by atoms with Gasteiger partial charge in [0.1, 0.15) is 11.5 Å². The highest BCUT2D eigenvalue weighted by atomic mass is 32.2. The first-order valence-electron chi connectivity index (χ1n) is 8.12. The molecule has 140 valence electrons. The van der Waals surface area contributed by atoms with Gasteiger partial charge in [-0.1, -0.05) is 30.3 Å². The molecule has 0 spiro atoms. The summed E-state index contributed by atoms with van der Waals surface area (Å²) in [6.45, 7) is 0.961. The zero-order valence-electron chi connectivity index (χ0n) is 14.8. The van der Waals surface area contributed by atoms with E-state index in [2.05, 4.69) is 10.3 Å². The number of nitrogens with one attached hydrogen (secondary N) is 2. The van der Waals surface area contributed by atoms with Gasteiger partial charge in [0.05, 0.1) is 6.54 Å². The van der Waals surface area contributed by atoms with E-state index in [-0.39, 0.29) is 18.1 Å². The van der Waals surface area contributed by atoms with Gasteiger partial charge in [-0.3, -0.25) is 14.3 Å². The van der Waals surface area contributed by atoms with Crippen molar-refractivity contribution in [3.63, 3.8) is 0 Å². The lowest BCUT2D eigenvalue weighted by atomic mass is 10.2. The molecule has 26 heavy (non-hydrogen) atoms. The van der Waals surface area contributed by atoms with Crippen LogP contribution in [0.1, 0.15) is 12.0 Å². The Morgan fingerprint density at radius 2 is 2.04 bits per heavy atom. The summed E-state index contributed by atoms with van der Waals surface area (Å²) in [6.07, 6.45) is 3.00. The Morgan fingerprint density at radius 3 is 2.69 bits per heavy atom. The highest BCUT2D eigenvalue weighted by Gasteiger charge is 2.18. The van der Waals surface area contributed by atoms with Crippen LogP contribution < -0.4 is 27.2 Å². The molecule has 0 saturated heterocycles. The maximum atomic E-state index is 12.3. The molecular formula is C17H23N5O2S2. The molecule has 1 aromatic carbocycles. The van der Waals surface area contributed by atoms with E-state index < -0.39 is 11.2 Å². The number of rotatable bonds is 7. The van der Waals surface area contributed by atoms with Crippen LogP contribution in [0.4, 0.5) is 11.5 Å². The molecule has 0 saturated carbocycles. The molecule has 2 aromatic rings. The lowest BCUT2D eigenvalue weighted by molar-refractivity contribution is 0.731. The average molecular weight is 394 g/mol. The maximum Gasteiger partial charge on any atom is 0.330 e. The molecule has 4 N–H and O–H groups in total. The number of thiocarbonyl (C=S) groups is 1. The number of benzene rings is 1. The van der Waals surface area contributed by atoms with Gasteiger partial charge >= 0.3 is 5.69 Å². The van der Waals surface area contributed by atoms with Crippen LogP contribution in [0.15, 0.2) is 39.9 Å². The number of nitrogen functional groups attached to an aromatic ring is 1. The number of thioether (sulfide) groups is 1. The smallest absolute Gasteiger partial charge is 0.330 e. The van der Waals surface area contributed by atoms with Gasteiger partial charge in [0.15, 0.2) is 5.11 Å². The number of nitrogens with zero attached hydrogens (tertiary/aromatic N) is 2. The fourth-order valence-corrected chi connectivity index (χ4v) is 3.08. The summed E-state index contributed by atoms with van der Waals surface area (Å²) in [4.78, 5) is 28.3. The second kappa shape index (κ2) is 9.44. The van der Waals surface area contributed by atoms with Crippen LogP contribution in [-0.2, 0) is 6.54 Å². The third-order valence-electron chi connectivity index (χ3n) is 3.84. The predicted octanol–water partition coefficient (Wildman–Crippen LogP) is 1.23. The second-order valence-corrected chi connectivity index (χ2v) is 7.07. The van der Waals surface area contributed by atoms with Gasteiger partial charge in [-0.05, 0) is 36.2 Å². The lowest BCUT2D eigenvalue weighted by Gasteiger charge is -2.23. The number of anilines is 2. The van der Waals surface area contributed by atoms with E-state index in [4.69, 9.17) is 18.0 Å². The van der Waals surface area contributed by atoms with Crippen LogP contribution in [0.25, 0.3) is 0 Å². The minimum Gasteiger partial charge on any atom is -0.383 e. The number of hydrogen-bond acceptors (Lipinski definition) is 5. The van der Waals surface area contributed by atoms with Crippen molar-refractivity contribution in [1.82, 2.24) is 14.9 Å². The molecule has 7 nitrogen and oxygen atoms in total. The molecule has 1 heterocycles. The fourth-order valence-electron chi connectivity index (χ4n) is 2.46. The molecule has 0 atom stereocenters. The summed E-state index contributed by atoms with van der Waals surface area (Å²) >= 11 is 7.10. The summed E-state index contributed by atoms with van der Waals surface area (Å²) in [6, 6.07) is 9.42. The van der Waals surface area contributed by atoms with Crippen LogP contribution in [0.3, 0.4) is 0 Å². The standard InChI is InChI=1S/C17H23N5O2S2/c1-21(17(25)19-9-6-10-26-2)13-14(18)22(16(24)20-15(13)23)11-12-7-4-3-5-8-12/h3-5,7-8H,6,9-11,18H2,1-2H3,(H,19,25)(H,20,23,24). The summed E-state index contributed by atoms with van der Waals surface area (Å²) in [5.74, 6) is 1.10. The lowest BCUT2D eigenvalue weighted by Crippen LogP contribution is -2.43. The first kappa shape index (κ1) is 20.1. The quantitative estimate of drug-likeness (QED) is 0.481. The summed E-state index contributed by atoms with van der Waals surface area (Å²) in [7, 11) is 1.65. The number of H-pyrrole nitrogens is 1. The van der Waals surface area contributed by atoms with Gasteiger partial charge in [-0.15, -0.1) is 0 Å². The molecule has 0 aliphatic heterocycles. The Bertz CT molecular complexity index is 864. The van der Waals surface area contributed by atoms with Crippen LogP contribution >= 0.6 is 24.0 Å². The van der Waals surface area contributed by atoms with Crippen molar-refractivity contribution in [3.05, 3.63) is 56.7 Å². The van der Waals surface area contributed by atoms with E-state index >= 15 is 0 Å². The van der Waals surface area contributed by atoms with Crippen LogP contribution in [0, 0.1) is 0 Å². The molecule has 0 amide bonds. The van der Waals surface area contributed by atoms with E-state index in [1.54, 1.807) is 18.8 Å². The molecule has 0 aliphatic carbocycles. The van der Waals surface area contributed by atoms with Crippen molar-refractivity contribution in [3.8, 4) is 0 Å². The van der Waals surface area contributed by atoms with E-state index in [9.17, 15) is 9.59 Å². The van der Waals surface area contributed by atoms with Crippen molar-refractivity contribution < 1.29 is 0 Å². The van der Waals surface area contributed by atoms with Gasteiger partial charge in [-0.2, -0.15) is 11.8 Å². The van der Waals surface area contributed by atoms with E-state index in [1.807, 2.05) is 36.6 Å². The molecule has 0 unspecified atom stereocenters. The molecule has 1 aromatic heterocycles. The van der Waals surface area contributed by atoms with Gasteiger partial charge in [0, 0.05) is 13.6 Å². The van der Waals surface area contributed by atoms with E-state index in [1.165, 1.54) is 9.47 Å². The van der Waals surface area contributed by atoms with E-state index in [0.29, 0.717) is 11.7 Å². The van der Waals surface area contributed by atoms with Gasteiger partial charge in [0.2, 0.25) is 0 Å². The molecule has 0 aliphatic rings. The number of aromatic amines is 1. The highest BCUT2D eigenvalue weighted by Crippen LogP contribution is 2.16. The third-order valence-corrected chi connectivity index (χ3v) is 4.95. The SMILES string of the molecule is CSCCCNC(=S)N(C)c1c(N)n(Cc2ccccc2)c(=O)[nH]c1=O. The molecule has 9 heteroatoms. The molecule has 0 radical (unpaired) electrons. The van der Waals surface area contributed by atoms with Crippen molar-refractivity contribution in [1.29, 1.82) is 0 Å². The Hall–Kier alpha value is -2.26. The molecule has 2 rings (SSSR count). The predicted molar refractivity (Wildman–Crippen MR) is 113 cm³/mol. The minimum absolute atomic E-state index is 0.0818. The van der Waals surface area contributed by atoms with Crippen molar-refractivity contribution >= 4 is 40.6 Å².